The molecule has 0 radical (unpaired) electrons. The van der Waals surface area contributed by atoms with Crippen molar-refractivity contribution in [1.82, 2.24) is 18.9 Å². The van der Waals surface area contributed by atoms with Gasteiger partial charge in [0.15, 0.2) is 0 Å². The molecule has 180 valence electrons. The lowest BCUT2D eigenvalue weighted by Gasteiger charge is -2.14. The number of aryl methyl sites for hydroxylation is 1. The first-order valence-corrected chi connectivity index (χ1v) is 11.8. The molecule has 34 heavy (non-hydrogen) atoms. The first kappa shape index (κ1) is 24.1. The Bertz CT molecular complexity index is 1340. The molecule has 10 heteroatoms. The SMILES string of the molecule is CCCCCn1c2c(c(=O)n(CCCc3cnn(Cc4ccc(F)cc4F)c3)c1=O)CC(Cl)=N2. The number of nitrogens with zero attached hydrogens (tertiary/aromatic N) is 5. The van der Waals surface area contributed by atoms with Gasteiger partial charge in [-0.05, 0) is 30.9 Å². The van der Waals surface area contributed by atoms with Gasteiger partial charge in [-0.25, -0.2) is 18.6 Å². The second-order valence-electron chi connectivity index (χ2n) is 8.45. The van der Waals surface area contributed by atoms with Crippen molar-refractivity contribution in [2.75, 3.05) is 0 Å². The summed E-state index contributed by atoms with van der Waals surface area (Å²) in [5.41, 5.74) is 0.998. The van der Waals surface area contributed by atoms with Crippen LogP contribution in [0.4, 0.5) is 14.6 Å². The summed E-state index contributed by atoms with van der Waals surface area (Å²) in [5.74, 6) is -0.851. The third kappa shape index (κ3) is 5.19. The molecule has 2 aromatic heterocycles. The summed E-state index contributed by atoms with van der Waals surface area (Å²) in [6, 6.07) is 3.46. The summed E-state index contributed by atoms with van der Waals surface area (Å²) < 4.78 is 31.4. The van der Waals surface area contributed by atoms with E-state index in [4.69, 9.17) is 11.6 Å². The Balaban J connectivity index is 1.45. The van der Waals surface area contributed by atoms with Crippen LogP contribution in [0.2, 0.25) is 0 Å². The van der Waals surface area contributed by atoms with Gasteiger partial charge in [-0.2, -0.15) is 5.10 Å². The molecule has 0 aliphatic carbocycles. The van der Waals surface area contributed by atoms with Gasteiger partial charge in [-0.3, -0.25) is 18.6 Å². The molecule has 1 aromatic carbocycles. The minimum atomic E-state index is -0.623. The van der Waals surface area contributed by atoms with Crippen molar-refractivity contribution in [3.05, 3.63) is 79.8 Å². The fourth-order valence-electron chi connectivity index (χ4n) is 4.13. The van der Waals surface area contributed by atoms with Crippen LogP contribution in [-0.4, -0.2) is 24.1 Å². The Morgan fingerprint density at radius 3 is 2.65 bits per heavy atom. The van der Waals surface area contributed by atoms with E-state index in [1.54, 1.807) is 21.6 Å². The number of hydrogen-bond acceptors (Lipinski definition) is 4. The van der Waals surface area contributed by atoms with Crippen LogP contribution in [0.3, 0.4) is 0 Å². The van der Waals surface area contributed by atoms with Crippen LogP contribution in [0.15, 0.2) is 45.2 Å². The monoisotopic (exact) mass is 489 g/mol. The molecule has 3 aromatic rings. The molecule has 1 aliphatic heterocycles. The number of hydrogen-bond donors (Lipinski definition) is 0. The van der Waals surface area contributed by atoms with Crippen LogP contribution < -0.4 is 11.2 Å². The molecule has 0 saturated heterocycles. The summed E-state index contributed by atoms with van der Waals surface area (Å²) in [6.07, 6.45) is 7.65. The van der Waals surface area contributed by atoms with E-state index in [1.165, 1.54) is 16.7 Å². The van der Waals surface area contributed by atoms with Crippen molar-refractivity contribution >= 4 is 22.6 Å². The van der Waals surface area contributed by atoms with Crippen molar-refractivity contribution in [1.29, 1.82) is 0 Å². The number of aliphatic imine (C=N–C) groups is 1. The topological polar surface area (TPSA) is 74.2 Å². The van der Waals surface area contributed by atoms with Gasteiger partial charge in [-0.1, -0.05) is 37.4 Å². The standard InChI is InChI=1S/C24H26ClF2N5O2/c1-2-3-4-9-31-22-19(12-21(25)29-22)23(33)32(24(31)34)10-5-6-16-13-28-30(14-16)15-17-7-8-18(26)11-20(17)27/h7-8,11,13-14H,2-6,9-10,12,15H2,1H3. The van der Waals surface area contributed by atoms with Crippen molar-refractivity contribution in [3.8, 4) is 0 Å². The summed E-state index contributed by atoms with van der Waals surface area (Å²) in [6.45, 7) is 3.02. The minimum Gasteiger partial charge on any atom is -0.278 e. The molecule has 0 N–H and O–H groups in total. The Kier molecular flexibility index (Phi) is 7.41. The summed E-state index contributed by atoms with van der Waals surface area (Å²) >= 11 is 6.08. The Labute approximate surface area is 200 Å². The molecular formula is C24H26ClF2N5O2. The molecule has 3 heterocycles. The van der Waals surface area contributed by atoms with Crippen LogP contribution in [0.5, 0.6) is 0 Å². The van der Waals surface area contributed by atoms with E-state index in [9.17, 15) is 18.4 Å². The first-order valence-electron chi connectivity index (χ1n) is 11.4. The summed E-state index contributed by atoms with van der Waals surface area (Å²) in [7, 11) is 0. The van der Waals surface area contributed by atoms with Gasteiger partial charge < -0.3 is 0 Å². The maximum absolute atomic E-state index is 13.9. The van der Waals surface area contributed by atoms with Crippen molar-refractivity contribution in [2.24, 2.45) is 4.99 Å². The van der Waals surface area contributed by atoms with Crippen LogP contribution in [0, 0.1) is 11.6 Å². The van der Waals surface area contributed by atoms with E-state index in [0.29, 0.717) is 41.5 Å². The molecule has 0 spiro atoms. The Morgan fingerprint density at radius 2 is 1.88 bits per heavy atom. The molecule has 1 aliphatic rings. The highest BCUT2D eigenvalue weighted by atomic mass is 35.5. The van der Waals surface area contributed by atoms with Gasteiger partial charge in [0.2, 0.25) is 0 Å². The molecule has 0 bridgehead atoms. The van der Waals surface area contributed by atoms with E-state index in [2.05, 4.69) is 17.0 Å². The van der Waals surface area contributed by atoms with Crippen LogP contribution in [0.1, 0.15) is 49.3 Å². The number of halogens is 3. The summed E-state index contributed by atoms with van der Waals surface area (Å²) in [4.78, 5) is 30.3. The van der Waals surface area contributed by atoms with E-state index < -0.39 is 11.6 Å². The number of benzene rings is 1. The largest absolute Gasteiger partial charge is 0.332 e. The number of unbranched alkanes of at least 4 members (excludes halogenated alkanes) is 2. The Morgan fingerprint density at radius 1 is 1.09 bits per heavy atom. The molecule has 0 unspecified atom stereocenters. The number of fused-ring (bicyclic) bond motifs is 1. The van der Waals surface area contributed by atoms with Crippen molar-refractivity contribution < 1.29 is 8.78 Å². The van der Waals surface area contributed by atoms with Gasteiger partial charge in [0.25, 0.3) is 5.56 Å². The molecule has 4 rings (SSSR count). The normalized spacial score (nSPS) is 12.8. The van der Waals surface area contributed by atoms with E-state index >= 15 is 0 Å². The quantitative estimate of drug-likeness (QED) is 0.401. The fraction of sp³-hybridized carbons (Fsp3) is 0.417. The third-order valence-corrected chi connectivity index (χ3v) is 6.13. The zero-order valence-electron chi connectivity index (χ0n) is 18.9. The maximum Gasteiger partial charge on any atom is 0.332 e. The first-order chi connectivity index (χ1) is 16.4. The van der Waals surface area contributed by atoms with Crippen molar-refractivity contribution in [3.63, 3.8) is 0 Å². The minimum absolute atomic E-state index is 0.180. The molecule has 0 atom stereocenters. The Hall–Kier alpha value is -3.07. The zero-order chi connectivity index (χ0) is 24.2. The van der Waals surface area contributed by atoms with Crippen LogP contribution in [0.25, 0.3) is 0 Å². The van der Waals surface area contributed by atoms with Crippen LogP contribution >= 0.6 is 11.6 Å². The van der Waals surface area contributed by atoms with Gasteiger partial charge >= 0.3 is 5.69 Å². The van der Waals surface area contributed by atoms with Crippen molar-refractivity contribution in [2.45, 2.75) is 65.1 Å². The molecule has 0 saturated carbocycles. The fourth-order valence-corrected chi connectivity index (χ4v) is 4.35. The number of aromatic nitrogens is 4. The average Bonchev–Trinajstić information content (AvgIpc) is 3.41. The average molecular weight is 490 g/mol. The zero-order valence-corrected chi connectivity index (χ0v) is 19.7. The predicted molar refractivity (Wildman–Crippen MR) is 127 cm³/mol. The van der Waals surface area contributed by atoms with E-state index in [-0.39, 0.29) is 30.8 Å². The lowest BCUT2D eigenvalue weighted by Crippen LogP contribution is -2.41. The maximum atomic E-state index is 13.9. The van der Waals surface area contributed by atoms with Gasteiger partial charge in [0, 0.05) is 37.3 Å². The second-order valence-corrected chi connectivity index (χ2v) is 8.89. The lowest BCUT2D eigenvalue weighted by atomic mass is 10.2. The van der Waals surface area contributed by atoms with E-state index in [1.807, 2.05) is 0 Å². The highest BCUT2D eigenvalue weighted by Gasteiger charge is 2.24. The molecule has 0 fully saturated rings. The van der Waals surface area contributed by atoms with Gasteiger partial charge in [0.1, 0.15) is 22.6 Å². The molecule has 7 nitrogen and oxygen atoms in total. The van der Waals surface area contributed by atoms with Gasteiger partial charge in [-0.15, -0.1) is 0 Å². The highest BCUT2D eigenvalue weighted by molar-refractivity contribution is 6.66. The number of rotatable bonds is 10. The summed E-state index contributed by atoms with van der Waals surface area (Å²) in [5, 5.41) is 4.56. The second kappa shape index (κ2) is 10.5. The molecular weight excluding hydrogens is 464 g/mol. The van der Waals surface area contributed by atoms with E-state index in [0.717, 1.165) is 30.9 Å². The van der Waals surface area contributed by atoms with Crippen LogP contribution in [-0.2, 0) is 32.5 Å². The van der Waals surface area contributed by atoms with Gasteiger partial charge in [0.05, 0.1) is 18.3 Å². The molecule has 0 amide bonds. The smallest absolute Gasteiger partial charge is 0.278 e. The predicted octanol–water partition coefficient (Wildman–Crippen LogP) is 4.18. The third-order valence-electron chi connectivity index (χ3n) is 5.91. The lowest BCUT2D eigenvalue weighted by molar-refractivity contribution is 0.513. The highest BCUT2D eigenvalue weighted by Crippen LogP contribution is 2.24.